The fourth-order valence-electron chi connectivity index (χ4n) is 1.53. The molecule has 0 radical (unpaired) electrons. The van der Waals surface area contributed by atoms with E-state index in [-0.39, 0.29) is 11.7 Å². The van der Waals surface area contributed by atoms with Gasteiger partial charge in [0.05, 0.1) is 9.83 Å². The predicted molar refractivity (Wildman–Crippen MR) is 78.1 cm³/mol. The number of thiophene rings is 1. The molecule has 1 nitrogen and oxygen atoms in total. The summed E-state index contributed by atoms with van der Waals surface area (Å²) < 4.78 is 28.7. The van der Waals surface area contributed by atoms with Gasteiger partial charge < -0.3 is 5.32 Å². The molecule has 0 aliphatic rings. The summed E-state index contributed by atoms with van der Waals surface area (Å²) >= 11 is 7.94. The van der Waals surface area contributed by atoms with Gasteiger partial charge in [0, 0.05) is 9.35 Å². The van der Waals surface area contributed by atoms with Gasteiger partial charge in [-0.15, -0.1) is 11.3 Å². The van der Waals surface area contributed by atoms with Crippen molar-refractivity contribution in [2.75, 3.05) is 5.32 Å². The number of anilines is 1. The molecule has 96 valence electrons. The van der Waals surface area contributed by atoms with Crippen LogP contribution in [0.5, 0.6) is 0 Å². The molecule has 0 saturated heterocycles. The maximum Gasteiger partial charge on any atom is 0.150 e. The molecule has 2 rings (SSSR count). The van der Waals surface area contributed by atoms with Crippen LogP contribution >= 0.6 is 43.2 Å². The fraction of sp³-hybridized carbons (Fsp3) is 0.167. The van der Waals surface area contributed by atoms with Crippen molar-refractivity contribution in [3.05, 3.63) is 49.0 Å². The van der Waals surface area contributed by atoms with Crippen molar-refractivity contribution in [1.82, 2.24) is 0 Å². The van der Waals surface area contributed by atoms with Crippen LogP contribution in [0, 0.1) is 11.6 Å². The zero-order chi connectivity index (χ0) is 13.3. The summed E-state index contributed by atoms with van der Waals surface area (Å²) in [5.41, 5.74) is -0.102. The minimum Gasteiger partial charge on any atom is -0.373 e. The largest absolute Gasteiger partial charge is 0.373 e. The summed E-state index contributed by atoms with van der Waals surface area (Å²) in [5.74, 6) is -1.21. The first-order valence-electron chi connectivity index (χ1n) is 5.13. The van der Waals surface area contributed by atoms with Gasteiger partial charge in [-0.25, -0.2) is 8.78 Å². The highest BCUT2D eigenvalue weighted by Crippen LogP contribution is 2.31. The first-order chi connectivity index (χ1) is 8.47. The molecule has 18 heavy (non-hydrogen) atoms. The van der Waals surface area contributed by atoms with Gasteiger partial charge in [-0.1, -0.05) is 15.9 Å². The number of nitrogens with one attached hydrogen (secondary N) is 1. The third-order valence-corrected chi connectivity index (χ3v) is 4.65. The standard InChI is InChI=1S/C12H9Br2F2NS/c1-6(10-2-3-11(14)18-10)17-12-8(15)4-7(13)5-9(12)16/h2-6,17H,1H3. The third-order valence-electron chi connectivity index (χ3n) is 2.39. The maximum atomic E-state index is 13.7. The molecule has 2 aromatic rings. The van der Waals surface area contributed by atoms with Crippen LogP contribution in [-0.2, 0) is 0 Å². The maximum absolute atomic E-state index is 13.7. The Morgan fingerprint density at radius 2 is 1.78 bits per heavy atom. The van der Waals surface area contributed by atoms with Crippen molar-refractivity contribution in [1.29, 1.82) is 0 Å². The molecule has 1 heterocycles. The molecule has 6 heteroatoms. The minimum absolute atomic E-state index is 0.102. The van der Waals surface area contributed by atoms with Crippen LogP contribution in [0.1, 0.15) is 17.8 Å². The second kappa shape index (κ2) is 5.67. The molecular weight excluding hydrogens is 388 g/mol. The topological polar surface area (TPSA) is 12.0 Å². The van der Waals surface area contributed by atoms with Crippen molar-refractivity contribution < 1.29 is 8.78 Å². The zero-order valence-electron chi connectivity index (χ0n) is 9.31. The molecule has 0 saturated carbocycles. The Kier molecular flexibility index (Phi) is 4.40. The van der Waals surface area contributed by atoms with Crippen LogP contribution in [0.3, 0.4) is 0 Å². The SMILES string of the molecule is CC(Nc1c(F)cc(Br)cc1F)c1ccc(Br)s1. The van der Waals surface area contributed by atoms with Crippen LogP contribution in [-0.4, -0.2) is 0 Å². The van der Waals surface area contributed by atoms with Crippen molar-refractivity contribution in [3.8, 4) is 0 Å². The van der Waals surface area contributed by atoms with Crippen molar-refractivity contribution >= 4 is 48.9 Å². The van der Waals surface area contributed by atoms with E-state index < -0.39 is 11.6 Å². The molecule has 1 N–H and O–H groups in total. The van der Waals surface area contributed by atoms with E-state index in [4.69, 9.17) is 0 Å². The van der Waals surface area contributed by atoms with E-state index in [1.54, 1.807) is 0 Å². The third kappa shape index (κ3) is 3.10. The van der Waals surface area contributed by atoms with Gasteiger partial charge in [0.15, 0.2) is 0 Å². The molecule has 0 bridgehead atoms. The average molecular weight is 397 g/mol. The van der Waals surface area contributed by atoms with Crippen molar-refractivity contribution in [3.63, 3.8) is 0 Å². The van der Waals surface area contributed by atoms with Crippen molar-refractivity contribution in [2.24, 2.45) is 0 Å². The highest BCUT2D eigenvalue weighted by molar-refractivity contribution is 9.11. The summed E-state index contributed by atoms with van der Waals surface area (Å²) in [6.45, 7) is 1.86. The smallest absolute Gasteiger partial charge is 0.150 e. The quantitative estimate of drug-likeness (QED) is 0.698. The Labute approximate surface area is 124 Å². The molecule has 0 fully saturated rings. The second-order valence-electron chi connectivity index (χ2n) is 3.75. The fourth-order valence-corrected chi connectivity index (χ4v) is 3.36. The number of hydrogen-bond acceptors (Lipinski definition) is 2. The molecular formula is C12H9Br2F2NS. The Balaban J connectivity index is 2.24. The molecule has 1 aromatic carbocycles. The van der Waals surface area contributed by atoms with Gasteiger partial charge >= 0.3 is 0 Å². The minimum atomic E-state index is -0.607. The van der Waals surface area contributed by atoms with Gasteiger partial charge in [0.2, 0.25) is 0 Å². The molecule has 0 amide bonds. The summed E-state index contributed by atoms with van der Waals surface area (Å²) in [6, 6.07) is 6.14. The first kappa shape index (κ1) is 14.0. The molecule has 0 aliphatic heterocycles. The molecule has 0 spiro atoms. The van der Waals surface area contributed by atoms with Crippen molar-refractivity contribution in [2.45, 2.75) is 13.0 Å². The Bertz CT molecular complexity index is 548. The summed E-state index contributed by atoms with van der Waals surface area (Å²) in [6.07, 6.45) is 0. The van der Waals surface area contributed by atoms with Crippen LogP contribution in [0.25, 0.3) is 0 Å². The highest BCUT2D eigenvalue weighted by atomic mass is 79.9. The van der Waals surface area contributed by atoms with E-state index in [2.05, 4.69) is 37.2 Å². The summed E-state index contributed by atoms with van der Waals surface area (Å²) in [7, 11) is 0. The molecule has 1 unspecified atom stereocenters. The zero-order valence-corrected chi connectivity index (χ0v) is 13.3. The number of rotatable bonds is 3. The van der Waals surface area contributed by atoms with Gasteiger partial charge in [0.1, 0.15) is 17.3 Å². The van der Waals surface area contributed by atoms with E-state index in [1.807, 2.05) is 19.1 Å². The molecule has 0 aliphatic carbocycles. The van der Waals surface area contributed by atoms with Crippen LogP contribution in [0.15, 0.2) is 32.5 Å². The molecule has 1 aromatic heterocycles. The van der Waals surface area contributed by atoms with Crippen LogP contribution in [0.4, 0.5) is 14.5 Å². The Morgan fingerprint density at radius 1 is 1.17 bits per heavy atom. The van der Waals surface area contributed by atoms with E-state index >= 15 is 0 Å². The lowest BCUT2D eigenvalue weighted by atomic mass is 10.2. The Hall–Kier alpha value is -0.460. The lowest BCUT2D eigenvalue weighted by Crippen LogP contribution is -2.08. The number of hydrogen-bond donors (Lipinski definition) is 1. The van der Waals surface area contributed by atoms with Gasteiger partial charge in [0.25, 0.3) is 0 Å². The van der Waals surface area contributed by atoms with Crippen LogP contribution < -0.4 is 5.32 Å². The van der Waals surface area contributed by atoms with E-state index in [1.165, 1.54) is 23.5 Å². The lowest BCUT2D eigenvalue weighted by Gasteiger charge is -2.15. The second-order valence-corrected chi connectivity index (χ2v) is 7.16. The predicted octanol–water partition coefficient (Wildman–Crippen LogP) is 5.72. The van der Waals surface area contributed by atoms with Gasteiger partial charge in [-0.3, -0.25) is 0 Å². The Morgan fingerprint density at radius 3 is 2.28 bits per heavy atom. The average Bonchev–Trinajstić information content (AvgIpc) is 2.70. The molecule has 1 atom stereocenters. The lowest BCUT2D eigenvalue weighted by molar-refractivity contribution is 0.583. The monoisotopic (exact) mass is 395 g/mol. The highest BCUT2D eigenvalue weighted by Gasteiger charge is 2.15. The number of benzene rings is 1. The number of halogens is 4. The normalized spacial score (nSPS) is 12.5. The van der Waals surface area contributed by atoms with E-state index in [0.29, 0.717) is 4.47 Å². The van der Waals surface area contributed by atoms with Gasteiger partial charge in [-0.05, 0) is 47.1 Å². The van der Waals surface area contributed by atoms with Gasteiger partial charge in [-0.2, -0.15) is 0 Å². The summed E-state index contributed by atoms with van der Waals surface area (Å²) in [4.78, 5) is 1.00. The first-order valence-corrected chi connectivity index (χ1v) is 7.54. The van der Waals surface area contributed by atoms with E-state index in [0.717, 1.165) is 8.66 Å². The summed E-state index contributed by atoms with van der Waals surface area (Å²) in [5, 5.41) is 2.85. The van der Waals surface area contributed by atoms with Crippen LogP contribution in [0.2, 0.25) is 0 Å². The van der Waals surface area contributed by atoms with E-state index in [9.17, 15) is 8.78 Å².